The van der Waals surface area contributed by atoms with Crippen molar-refractivity contribution < 1.29 is 54.1 Å². The topological polar surface area (TPSA) is 136 Å². The Balaban J connectivity index is 0. The maximum Gasteiger partial charge on any atom is 4.00 e. The molecule has 10 heteroatoms. The summed E-state index contributed by atoms with van der Waals surface area (Å²) in [4.78, 5) is 37.3. The molecule has 0 aliphatic rings. The minimum atomic E-state index is -5.68. The van der Waals surface area contributed by atoms with Gasteiger partial charge < -0.3 is 33.0 Å². The predicted octanol–water partition coefficient (Wildman–Crippen LogP) is -3.34. The fraction of sp³-hybridized carbons (Fsp3) is 0. The van der Waals surface area contributed by atoms with Gasteiger partial charge in [0, 0.05) is 0 Å². The van der Waals surface area contributed by atoms with Crippen LogP contribution in [-0.2, 0) is 34.5 Å². The fourth-order valence-corrected chi connectivity index (χ4v) is 1.10. The van der Waals surface area contributed by atoms with Crippen LogP contribution in [0.3, 0.4) is 0 Å². The summed E-state index contributed by atoms with van der Waals surface area (Å²) in [5, 5.41) is 0. The van der Waals surface area contributed by atoms with Crippen molar-refractivity contribution in [2.24, 2.45) is 0 Å². The molecule has 0 aliphatic heterocycles. The van der Waals surface area contributed by atoms with Gasteiger partial charge in [-0.05, 0) is 0 Å². The van der Waals surface area contributed by atoms with E-state index in [0.29, 0.717) is 0 Å². The molecule has 0 radical (unpaired) electrons. The van der Waals surface area contributed by atoms with Gasteiger partial charge in [-0.15, -0.1) is 0 Å². The Hall–Kier alpha value is 0.948. The van der Waals surface area contributed by atoms with E-state index in [9.17, 15) is 28.7 Å². The Bertz CT molecular complexity index is 152. The molecular formula is O7P2Pt. The van der Waals surface area contributed by atoms with Crippen LogP contribution in [0.5, 0.6) is 0 Å². The van der Waals surface area contributed by atoms with E-state index in [4.69, 9.17) is 0 Å². The third kappa shape index (κ3) is 11.7. The second kappa shape index (κ2) is 4.09. The summed E-state index contributed by atoms with van der Waals surface area (Å²) < 4.78 is 21.2. The maximum atomic E-state index is 9.32. The fourth-order valence-electron chi connectivity index (χ4n) is 0.122. The minimum absolute atomic E-state index is 0. The van der Waals surface area contributed by atoms with Crippen molar-refractivity contribution in [1.29, 1.82) is 0 Å². The van der Waals surface area contributed by atoms with Crippen LogP contribution in [0.25, 0.3) is 0 Å². The molecule has 0 aromatic heterocycles. The summed E-state index contributed by atoms with van der Waals surface area (Å²) in [6.45, 7) is 0. The smallest absolute Gasteiger partial charge is 0.790 e. The molecule has 0 bridgehead atoms. The molecule has 0 atom stereocenters. The first-order valence-corrected chi connectivity index (χ1v) is 4.38. The molecule has 0 saturated carbocycles. The molecule has 7 nitrogen and oxygen atoms in total. The molecule has 62 valence electrons. The second-order valence-corrected chi connectivity index (χ2v) is 3.42. The van der Waals surface area contributed by atoms with E-state index in [2.05, 4.69) is 4.31 Å². The van der Waals surface area contributed by atoms with Crippen LogP contribution >= 0.6 is 15.6 Å². The van der Waals surface area contributed by atoms with Gasteiger partial charge in [0.1, 0.15) is 0 Å². The first-order valence-electron chi connectivity index (χ1n) is 1.46. The van der Waals surface area contributed by atoms with E-state index in [-0.39, 0.29) is 21.1 Å². The quantitative estimate of drug-likeness (QED) is 0.464. The molecule has 0 amide bonds. The zero-order chi connectivity index (χ0) is 7.71. The molecule has 0 fully saturated rings. The van der Waals surface area contributed by atoms with Crippen molar-refractivity contribution in [3.63, 3.8) is 0 Å². The normalized spacial score (nSPS) is 12.4. The average Bonchev–Trinajstić information content (AvgIpc) is 1.14. The Morgan fingerprint density at radius 1 is 0.900 bits per heavy atom. The SMILES string of the molecule is O=P([O-])([O-])OP(=O)([O-])[O-].[Pt+4]. The van der Waals surface area contributed by atoms with E-state index >= 15 is 0 Å². The molecule has 0 aromatic rings. The molecule has 0 aromatic carbocycles. The third-order valence-electron chi connectivity index (χ3n) is 0.200. The summed E-state index contributed by atoms with van der Waals surface area (Å²) in [7, 11) is -11.4. The Morgan fingerprint density at radius 2 is 1.10 bits per heavy atom. The van der Waals surface area contributed by atoms with Crippen molar-refractivity contribution in [3.05, 3.63) is 0 Å². The van der Waals surface area contributed by atoms with Gasteiger partial charge in [-0.1, -0.05) is 0 Å². The van der Waals surface area contributed by atoms with Gasteiger partial charge in [0.05, 0.1) is 15.6 Å². The monoisotopic (exact) mass is 369 g/mol. The molecule has 0 aliphatic carbocycles. The summed E-state index contributed by atoms with van der Waals surface area (Å²) in [6.07, 6.45) is 0. The molecule has 0 saturated heterocycles. The van der Waals surface area contributed by atoms with Crippen molar-refractivity contribution in [2.45, 2.75) is 0 Å². The first-order chi connectivity index (χ1) is 3.71. The van der Waals surface area contributed by atoms with Crippen molar-refractivity contribution in [3.8, 4) is 0 Å². The van der Waals surface area contributed by atoms with Crippen LogP contribution in [0, 0.1) is 0 Å². The molecule has 0 rings (SSSR count). The number of rotatable bonds is 2. The molecular weight excluding hydrogens is 369 g/mol. The van der Waals surface area contributed by atoms with E-state index in [1.165, 1.54) is 0 Å². The molecule has 10 heavy (non-hydrogen) atoms. The van der Waals surface area contributed by atoms with Crippen molar-refractivity contribution in [1.82, 2.24) is 0 Å². The number of phosphoric acid groups is 2. The Morgan fingerprint density at radius 3 is 1.10 bits per heavy atom. The van der Waals surface area contributed by atoms with Gasteiger partial charge in [-0.3, -0.25) is 0 Å². The number of hydrogen-bond acceptors (Lipinski definition) is 7. The Kier molecular flexibility index (Phi) is 5.54. The number of hydrogen-bond donors (Lipinski definition) is 0. The van der Waals surface area contributed by atoms with E-state index in [0.717, 1.165) is 0 Å². The first kappa shape index (κ1) is 13.5. The van der Waals surface area contributed by atoms with Crippen LogP contribution in [0.2, 0.25) is 0 Å². The maximum absolute atomic E-state index is 9.32. The zero-order valence-corrected chi connectivity index (χ0v) is 8.13. The molecule has 0 spiro atoms. The largest absolute Gasteiger partial charge is 4.00 e. The van der Waals surface area contributed by atoms with Crippen LogP contribution < -0.4 is 19.6 Å². The molecule has 0 unspecified atom stereocenters. The van der Waals surface area contributed by atoms with E-state index in [1.54, 1.807) is 0 Å². The standard InChI is InChI=1S/H4O7P2.Pt/c1-8(2,3)7-9(4,5)6;/h(H2,1,2,3)(H2,4,5,6);/q;+4/p-4. The van der Waals surface area contributed by atoms with Crippen LogP contribution in [0.4, 0.5) is 0 Å². The predicted molar refractivity (Wildman–Crippen MR) is 16.3 cm³/mol. The van der Waals surface area contributed by atoms with Gasteiger partial charge in [0.25, 0.3) is 0 Å². The van der Waals surface area contributed by atoms with Crippen LogP contribution in [0.1, 0.15) is 0 Å². The molecule has 0 N–H and O–H groups in total. The summed E-state index contributed by atoms with van der Waals surface area (Å²) in [5.41, 5.74) is 0. The van der Waals surface area contributed by atoms with Gasteiger partial charge in [-0.2, -0.15) is 0 Å². The van der Waals surface area contributed by atoms with E-state index in [1.807, 2.05) is 0 Å². The van der Waals surface area contributed by atoms with Crippen molar-refractivity contribution >= 4 is 15.6 Å². The minimum Gasteiger partial charge on any atom is -0.790 e. The van der Waals surface area contributed by atoms with Gasteiger partial charge in [0.2, 0.25) is 0 Å². The van der Waals surface area contributed by atoms with Gasteiger partial charge in [0.15, 0.2) is 0 Å². The molecule has 0 heterocycles. The summed E-state index contributed by atoms with van der Waals surface area (Å²) >= 11 is 0. The van der Waals surface area contributed by atoms with Crippen LogP contribution in [0.15, 0.2) is 0 Å². The summed E-state index contributed by atoms with van der Waals surface area (Å²) in [6, 6.07) is 0. The van der Waals surface area contributed by atoms with E-state index < -0.39 is 15.6 Å². The van der Waals surface area contributed by atoms with Crippen molar-refractivity contribution in [2.75, 3.05) is 0 Å². The zero-order valence-electron chi connectivity index (χ0n) is 4.07. The Labute approximate surface area is 70.2 Å². The van der Waals surface area contributed by atoms with Crippen LogP contribution in [-0.4, -0.2) is 0 Å². The summed E-state index contributed by atoms with van der Waals surface area (Å²) in [5.74, 6) is 0. The second-order valence-electron chi connectivity index (χ2n) is 0.976. The van der Waals surface area contributed by atoms with Gasteiger partial charge >= 0.3 is 21.1 Å². The van der Waals surface area contributed by atoms with Gasteiger partial charge in [-0.25, -0.2) is 0 Å². The third-order valence-corrected chi connectivity index (χ3v) is 1.80. The average molecular weight is 369 g/mol.